The summed E-state index contributed by atoms with van der Waals surface area (Å²) in [5.41, 5.74) is 5.79. The van der Waals surface area contributed by atoms with Crippen molar-refractivity contribution in [2.24, 2.45) is 11.3 Å². The van der Waals surface area contributed by atoms with Gasteiger partial charge in [-0.1, -0.05) is 25.4 Å². The van der Waals surface area contributed by atoms with Crippen LogP contribution in [-0.2, 0) is 4.74 Å². The highest BCUT2D eigenvalue weighted by atomic mass is 35.5. The van der Waals surface area contributed by atoms with Gasteiger partial charge in [-0.15, -0.1) is 0 Å². The number of aromatic nitrogens is 2. The Morgan fingerprint density at radius 2 is 2.21 bits per heavy atom. The van der Waals surface area contributed by atoms with Crippen LogP contribution in [0.25, 0.3) is 0 Å². The van der Waals surface area contributed by atoms with Gasteiger partial charge in [-0.2, -0.15) is 4.98 Å². The summed E-state index contributed by atoms with van der Waals surface area (Å²) < 4.78 is 5.82. The summed E-state index contributed by atoms with van der Waals surface area (Å²) in [7, 11) is 2.04. The summed E-state index contributed by atoms with van der Waals surface area (Å²) in [5.74, 6) is 1.56. The molecule has 1 saturated carbocycles. The van der Waals surface area contributed by atoms with Gasteiger partial charge in [0.05, 0.1) is 6.10 Å². The summed E-state index contributed by atoms with van der Waals surface area (Å²) in [6.07, 6.45) is 1.46. The Morgan fingerprint density at radius 1 is 1.47 bits per heavy atom. The number of halogens is 1. The van der Waals surface area contributed by atoms with Gasteiger partial charge in [-0.05, 0) is 6.42 Å². The van der Waals surface area contributed by atoms with Gasteiger partial charge in [0, 0.05) is 37.1 Å². The van der Waals surface area contributed by atoms with Gasteiger partial charge >= 0.3 is 0 Å². The van der Waals surface area contributed by atoms with Crippen LogP contribution in [0.5, 0.6) is 0 Å². The number of hydrogen-bond donors (Lipinski definition) is 1. The van der Waals surface area contributed by atoms with Crippen molar-refractivity contribution in [2.45, 2.75) is 32.4 Å². The standard InChI is InChI=1S/C13H19ClN4O/c1-13(2)10(7-4-5-19-11(7)13)18(3)9-6-8(14)16-12(15)17-9/h6-7,10-11H,4-5H2,1-3H3,(H2,15,16,17)/t7-,10+,11+/m0/s1. The largest absolute Gasteiger partial charge is 0.377 e. The van der Waals surface area contributed by atoms with Crippen molar-refractivity contribution < 1.29 is 4.74 Å². The SMILES string of the molecule is CN(c1cc(Cl)nc(N)n1)[C@@H]1[C@@H]2CCO[C@H]2C1(C)C. The summed E-state index contributed by atoms with van der Waals surface area (Å²) in [6.45, 7) is 5.34. The topological polar surface area (TPSA) is 64.3 Å². The van der Waals surface area contributed by atoms with Crippen LogP contribution >= 0.6 is 11.6 Å². The molecule has 5 nitrogen and oxygen atoms in total. The van der Waals surface area contributed by atoms with E-state index in [0.29, 0.717) is 23.2 Å². The van der Waals surface area contributed by atoms with Crippen LogP contribution in [0.2, 0.25) is 5.15 Å². The van der Waals surface area contributed by atoms with Crippen LogP contribution < -0.4 is 10.6 Å². The number of rotatable bonds is 2. The Labute approximate surface area is 118 Å². The molecule has 104 valence electrons. The highest BCUT2D eigenvalue weighted by Gasteiger charge is 2.61. The molecule has 1 saturated heterocycles. The first kappa shape index (κ1) is 12.9. The lowest BCUT2D eigenvalue weighted by Crippen LogP contribution is -2.66. The molecule has 1 aliphatic carbocycles. The number of hydrogen-bond acceptors (Lipinski definition) is 5. The Bertz CT molecular complexity index is 487. The van der Waals surface area contributed by atoms with E-state index in [4.69, 9.17) is 22.1 Å². The van der Waals surface area contributed by atoms with Gasteiger partial charge < -0.3 is 15.4 Å². The molecule has 1 aromatic rings. The first-order valence-electron chi connectivity index (χ1n) is 6.56. The zero-order chi connectivity index (χ0) is 13.8. The van der Waals surface area contributed by atoms with Crippen molar-refractivity contribution in [3.05, 3.63) is 11.2 Å². The maximum atomic E-state index is 5.96. The second kappa shape index (κ2) is 4.21. The Kier molecular flexibility index (Phi) is 2.87. The summed E-state index contributed by atoms with van der Waals surface area (Å²) in [5, 5.41) is 0.380. The van der Waals surface area contributed by atoms with Crippen molar-refractivity contribution in [3.8, 4) is 0 Å². The van der Waals surface area contributed by atoms with Gasteiger partial charge in [-0.25, -0.2) is 4.98 Å². The fraction of sp³-hybridized carbons (Fsp3) is 0.692. The first-order valence-corrected chi connectivity index (χ1v) is 6.93. The molecule has 2 fully saturated rings. The second-order valence-electron chi connectivity index (χ2n) is 6.03. The van der Waals surface area contributed by atoms with E-state index in [2.05, 4.69) is 28.7 Å². The van der Waals surface area contributed by atoms with Gasteiger partial charge in [0.2, 0.25) is 5.95 Å². The van der Waals surface area contributed by atoms with Gasteiger partial charge in [0.15, 0.2) is 0 Å². The molecule has 0 unspecified atom stereocenters. The molecule has 0 spiro atoms. The van der Waals surface area contributed by atoms with Crippen LogP contribution in [-0.4, -0.2) is 35.8 Å². The summed E-state index contributed by atoms with van der Waals surface area (Å²) in [4.78, 5) is 10.4. The fourth-order valence-electron chi connectivity index (χ4n) is 3.83. The Balaban J connectivity index is 1.89. The molecule has 19 heavy (non-hydrogen) atoms. The van der Waals surface area contributed by atoms with E-state index in [1.165, 1.54) is 0 Å². The molecule has 2 aliphatic rings. The molecule has 0 radical (unpaired) electrons. The monoisotopic (exact) mass is 282 g/mol. The molecule has 6 heteroatoms. The van der Waals surface area contributed by atoms with E-state index in [-0.39, 0.29) is 11.4 Å². The molecule has 0 bridgehead atoms. The average Bonchev–Trinajstić information content (AvgIpc) is 2.73. The normalized spacial score (nSPS) is 31.7. The third-order valence-corrected chi connectivity index (χ3v) is 4.71. The van der Waals surface area contributed by atoms with Gasteiger partial charge in [-0.3, -0.25) is 0 Å². The molecule has 3 rings (SSSR count). The molecule has 3 atom stereocenters. The lowest BCUT2D eigenvalue weighted by molar-refractivity contribution is -0.101. The molecule has 2 heterocycles. The van der Waals surface area contributed by atoms with E-state index >= 15 is 0 Å². The third-order valence-electron chi connectivity index (χ3n) is 4.52. The van der Waals surface area contributed by atoms with Crippen LogP contribution in [0, 0.1) is 11.3 Å². The highest BCUT2D eigenvalue weighted by Crippen LogP contribution is 2.54. The summed E-state index contributed by atoms with van der Waals surface area (Å²) >= 11 is 5.96. The van der Waals surface area contributed by atoms with Gasteiger partial charge in [0.1, 0.15) is 11.0 Å². The minimum atomic E-state index is 0.113. The van der Waals surface area contributed by atoms with Crippen molar-refractivity contribution in [1.29, 1.82) is 0 Å². The fourth-order valence-corrected chi connectivity index (χ4v) is 4.01. The molecule has 0 aromatic carbocycles. The van der Waals surface area contributed by atoms with Crippen molar-refractivity contribution in [3.63, 3.8) is 0 Å². The van der Waals surface area contributed by atoms with Crippen LogP contribution in [0.4, 0.5) is 11.8 Å². The maximum absolute atomic E-state index is 5.96. The maximum Gasteiger partial charge on any atom is 0.223 e. The van der Waals surface area contributed by atoms with Crippen molar-refractivity contribution >= 4 is 23.4 Å². The molecule has 2 N–H and O–H groups in total. The van der Waals surface area contributed by atoms with Crippen molar-refractivity contribution in [2.75, 3.05) is 24.3 Å². The number of fused-ring (bicyclic) bond motifs is 1. The zero-order valence-corrected chi connectivity index (χ0v) is 12.2. The van der Waals surface area contributed by atoms with E-state index in [0.717, 1.165) is 18.8 Å². The quantitative estimate of drug-likeness (QED) is 0.840. The first-order chi connectivity index (χ1) is 8.91. The predicted octanol–water partition coefficient (Wildman–Crippen LogP) is 1.96. The number of nitrogen functional groups attached to an aromatic ring is 1. The zero-order valence-electron chi connectivity index (χ0n) is 11.4. The van der Waals surface area contributed by atoms with Gasteiger partial charge in [0.25, 0.3) is 0 Å². The predicted molar refractivity (Wildman–Crippen MR) is 75.3 cm³/mol. The second-order valence-corrected chi connectivity index (χ2v) is 6.42. The van der Waals surface area contributed by atoms with E-state index in [9.17, 15) is 0 Å². The number of ether oxygens (including phenoxy) is 1. The third kappa shape index (κ3) is 1.87. The van der Waals surface area contributed by atoms with E-state index < -0.39 is 0 Å². The lowest BCUT2D eigenvalue weighted by Gasteiger charge is -2.58. The highest BCUT2D eigenvalue weighted by molar-refractivity contribution is 6.29. The van der Waals surface area contributed by atoms with Crippen LogP contribution in [0.15, 0.2) is 6.07 Å². The van der Waals surface area contributed by atoms with Crippen LogP contribution in [0.1, 0.15) is 20.3 Å². The van der Waals surface area contributed by atoms with Crippen molar-refractivity contribution in [1.82, 2.24) is 9.97 Å². The molecule has 0 amide bonds. The Morgan fingerprint density at radius 3 is 2.89 bits per heavy atom. The minimum absolute atomic E-state index is 0.113. The molecule has 1 aromatic heterocycles. The number of nitrogens with two attached hydrogens (primary N) is 1. The summed E-state index contributed by atoms with van der Waals surface area (Å²) in [6, 6.07) is 2.15. The van der Waals surface area contributed by atoms with E-state index in [1.54, 1.807) is 6.07 Å². The lowest BCUT2D eigenvalue weighted by atomic mass is 9.57. The number of nitrogens with zero attached hydrogens (tertiary/aromatic N) is 3. The van der Waals surface area contributed by atoms with E-state index in [1.807, 2.05) is 7.05 Å². The van der Waals surface area contributed by atoms with Crippen LogP contribution in [0.3, 0.4) is 0 Å². The minimum Gasteiger partial charge on any atom is -0.377 e. The smallest absolute Gasteiger partial charge is 0.223 e. The molecular weight excluding hydrogens is 264 g/mol. The number of anilines is 2. The molecular formula is C13H19ClN4O. The molecule has 1 aliphatic heterocycles. The Hall–Kier alpha value is -1.07. The average molecular weight is 283 g/mol.